The van der Waals surface area contributed by atoms with Crippen LogP contribution in [0.4, 0.5) is 0 Å². The summed E-state index contributed by atoms with van der Waals surface area (Å²) >= 11 is 0. The minimum absolute atomic E-state index is 0.00242. The van der Waals surface area contributed by atoms with E-state index in [1.165, 1.54) is 31.3 Å². The predicted octanol–water partition coefficient (Wildman–Crippen LogP) is 7.10. The van der Waals surface area contributed by atoms with Crippen molar-refractivity contribution < 1.29 is 9.90 Å². The Hall–Kier alpha value is -0.630. The SMILES string of the molecule is CC1(C)CCC2=C(C1)[C@@H]1CC[C@@H]3[C@@]4(C)CC[C@H](O)C(C)(C)[C@@H]4CC[C@@]3(C)[C@]1(C)CC2=O. The lowest BCUT2D eigenvalue weighted by Crippen LogP contribution is -2.65. The number of carbonyl (C=O) groups excluding carboxylic acids is 1. The average Bonchev–Trinajstić information content (AvgIpc) is 2.65. The molecule has 0 spiro atoms. The third-order valence-corrected chi connectivity index (χ3v) is 12.2. The third-order valence-electron chi connectivity index (χ3n) is 12.2. The minimum atomic E-state index is -0.171. The van der Waals surface area contributed by atoms with Gasteiger partial charge < -0.3 is 5.11 Å². The van der Waals surface area contributed by atoms with Crippen LogP contribution in [0.15, 0.2) is 11.1 Å². The van der Waals surface area contributed by atoms with Gasteiger partial charge in [0.15, 0.2) is 5.78 Å². The average molecular weight is 427 g/mol. The van der Waals surface area contributed by atoms with Gasteiger partial charge in [-0.25, -0.2) is 0 Å². The molecule has 31 heavy (non-hydrogen) atoms. The molecule has 5 rings (SSSR count). The zero-order chi connectivity index (χ0) is 22.6. The molecule has 0 aromatic heterocycles. The van der Waals surface area contributed by atoms with Crippen LogP contribution in [0.1, 0.15) is 113 Å². The molecule has 5 aliphatic rings. The summed E-state index contributed by atoms with van der Waals surface area (Å²) in [7, 11) is 0. The Bertz CT molecular complexity index is 834. The van der Waals surface area contributed by atoms with Crippen molar-refractivity contribution in [1.29, 1.82) is 0 Å². The minimum Gasteiger partial charge on any atom is -0.393 e. The second-order valence-electron chi connectivity index (χ2n) is 14.4. The molecule has 3 saturated carbocycles. The van der Waals surface area contributed by atoms with Crippen LogP contribution in [0.2, 0.25) is 0 Å². The van der Waals surface area contributed by atoms with Gasteiger partial charge in [0.05, 0.1) is 6.10 Å². The van der Waals surface area contributed by atoms with E-state index in [2.05, 4.69) is 48.5 Å². The van der Waals surface area contributed by atoms with Crippen molar-refractivity contribution in [3.8, 4) is 0 Å². The molecule has 0 aromatic carbocycles. The molecule has 2 heteroatoms. The molecular formula is C29H46O2. The van der Waals surface area contributed by atoms with Crippen molar-refractivity contribution in [3.05, 3.63) is 11.1 Å². The first-order valence-electron chi connectivity index (χ1n) is 13.2. The van der Waals surface area contributed by atoms with E-state index in [-0.39, 0.29) is 27.8 Å². The van der Waals surface area contributed by atoms with Gasteiger partial charge in [0.2, 0.25) is 0 Å². The van der Waals surface area contributed by atoms with Crippen LogP contribution in [0.5, 0.6) is 0 Å². The van der Waals surface area contributed by atoms with Gasteiger partial charge in [-0.2, -0.15) is 0 Å². The maximum Gasteiger partial charge on any atom is 0.159 e. The maximum atomic E-state index is 13.5. The molecule has 174 valence electrons. The second kappa shape index (κ2) is 6.49. The van der Waals surface area contributed by atoms with Gasteiger partial charge in [0.1, 0.15) is 0 Å². The Labute approximate surface area is 190 Å². The fourth-order valence-electron chi connectivity index (χ4n) is 10.2. The van der Waals surface area contributed by atoms with E-state index in [1.807, 2.05) is 0 Å². The Balaban J connectivity index is 1.57. The second-order valence-corrected chi connectivity index (χ2v) is 14.4. The normalized spacial score (nSPS) is 50.8. The van der Waals surface area contributed by atoms with Crippen molar-refractivity contribution in [2.45, 2.75) is 119 Å². The molecule has 5 aliphatic carbocycles. The van der Waals surface area contributed by atoms with Crippen LogP contribution < -0.4 is 0 Å². The number of carbonyl (C=O) groups is 1. The molecule has 0 bridgehead atoms. The number of hydrogen-bond acceptors (Lipinski definition) is 2. The molecule has 0 saturated heterocycles. The Morgan fingerprint density at radius 3 is 2.19 bits per heavy atom. The molecule has 0 aromatic rings. The molecule has 3 fully saturated rings. The van der Waals surface area contributed by atoms with E-state index in [9.17, 15) is 9.90 Å². The van der Waals surface area contributed by atoms with Gasteiger partial charge in [0.25, 0.3) is 0 Å². The van der Waals surface area contributed by atoms with Crippen molar-refractivity contribution in [1.82, 2.24) is 0 Å². The highest BCUT2D eigenvalue weighted by atomic mass is 16.3. The van der Waals surface area contributed by atoms with Crippen molar-refractivity contribution in [3.63, 3.8) is 0 Å². The summed E-state index contributed by atoms with van der Waals surface area (Å²) in [5.41, 5.74) is 3.74. The van der Waals surface area contributed by atoms with Gasteiger partial charge in [-0.05, 0) is 108 Å². The first kappa shape index (κ1) is 22.2. The number of aliphatic hydroxyl groups is 1. The molecule has 0 amide bonds. The highest BCUT2D eigenvalue weighted by molar-refractivity contribution is 5.98. The summed E-state index contributed by atoms with van der Waals surface area (Å²) in [6.07, 6.45) is 11.0. The van der Waals surface area contributed by atoms with E-state index in [4.69, 9.17) is 0 Å². The fourth-order valence-corrected chi connectivity index (χ4v) is 10.2. The number of ketones is 1. The van der Waals surface area contributed by atoms with E-state index in [1.54, 1.807) is 5.57 Å². The number of allylic oxidation sites excluding steroid dienone is 2. The van der Waals surface area contributed by atoms with Crippen molar-refractivity contribution in [2.24, 2.45) is 44.8 Å². The van der Waals surface area contributed by atoms with Crippen molar-refractivity contribution >= 4 is 5.78 Å². The number of rotatable bonds is 0. The summed E-state index contributed by atoms with van der Waals surface area (Å²) in [4.78, 5) is 13.5. The summed E-state index contributed by atoms with van der Waals surface area (Å²) < 4.78 is 0. The monoisotopic (exact) mass is 426 g/mol. The zero-order valence-electron chi connectivity index (χ0n) is 21.2. The number of fused-ring (bicyclic) bond motifs is 6. The summed E-state index contributed by atoms with van der Waals surface area (Å²) in [5, 5.41) is 10.9. The largest absolute Gasteiger partial charge is 0.393 e. The maximum absolute atomic E-state index is 13.5. The molecule has 0 heterocycles. The van der Waals surface area contributed by atoms with Gasteiger partial charge in [0, 0.05) is 6.42 Å². The first-order valence-corrected chi connectivity index (χ1v) is 13.2. The number of hydrogen-bond donors (Lipinski definition) is 1. The van der Waals surface area contributed by atoms with Gasteiger partial charge in [-0.1, -0.05) is 54.0 Å². The third kappa shape index (κ3) is 2.75. The van der Waals surface area contributed by atoms with E-state index in [0.29, 0.717) is 29.0 Å². The predicted molar refractivity (Wildman–Crippen MR) is 127 cm³/mol. The standard InChI is InChI=1S/C29H46O2/c1-25(2)13-10-18-19(16-25)20-8-9-23-27(5)14-12-24(31)26(3,4)22(27)11-15-28(23,6)29(20,7)17-21(18)30/h20,22-24,31H,8-17H2,1-7H3/t20-,22-,23+,24-,27-,28+,29+/m0/s1. The van der Waals surface area contributed by atoms with Gasteiger partial charge in [-0.15, -0.1) is 0 Å². The van der Waals surface area contributed by atoms with E-state index < -0.39 is 0 Å². The summed E-state index contributed by atoms with van der Waals surface area (Å²) in [6.45, 7) is 17.1. The number of aliphatic hydroxyl groups excluding tert-OH is 1. The van der Waals surface area contributed by atoms with E-state index >= 15 is 0 Å². The topological polar surface area (TPSA) is 37.3 Å². The highest BCUT2D eigenvalue weighted by Crippen LogP contribution is 2.74. The molecular weight excluding hydrogens is 380 g/mol. The van der Waals surface area contributed by atoms with Crippen LogP contribution in [0.25, 0.3) is 0 Å². The van der Waals surface area contributed by atoms with Crippen LogP contribution in [-0.2, 0) is 4.79 Å². The Morgan fingerprint density at radius 1 is 0.774 bits per heavy atom. The van der Waals surface area contributed by atoms with E-state index in [0.717, 1.165) is 38.5 Å². The summed E-state index contributed by atoms with van der Waals surface area (Å²) in [6, 6.07) is 0. The highest BCUT2D eigenvalue weighted by Gasteiger charge is 2.68. The molecule has 2 nitrogen and oxygen atoms in total. The fraction of sp³-hybridized carbons (Fsp3) is 0.897. The Kier molecular flexibility index (Phi) is 4.64. The molecule has 1 N–H and O–H groups in total. The Morgan fingerprint density at radius 2 is 1.48 bits per heavy atom. The van der Waals surface area contributed by atoms with Crippen LogP contribution in [0.3, 0.4) is 0 Å². The molecule has 7 atom stereocenters. The lowest BCUT2D eigenvalue weighted by molar-refractivity contribution is -0.223. The van der Waals surface area contributed by atoms with Crippen LogP contribution >= 0.6 is 0 Å². The lowest BCUT2D eigenvalue weighted by atomic mass is 9.33. The van der Waals surface area contributed by atoms with Gasteiger partial charge in [-0.3, -0.25) is 4.79 Å². The first-order chi connectivity index (χ1) is 14.3. The summed E-state index contributed by atoms with van der Waals surface area (Å²) in [5.74, 6) is 2.34. The van der Waals surface area contributed by atoms with Crippen LogP contribution in [0, 0.1) is 44.8 Å². The quantitative estimate of drug-likeness (QED) is 0.448. The smallest absolute Gasteiger partial charge is 0.159 e. The number of Topliss-reactive ketones (excluding diaryl/α,β-unsaturated/α-hetero) is 1. The molecule has 0 unspecified atom stereocenters. The molecule has 0 aliphatic heterocycles. The zero-order valence-corrected chi connectivity index (χ0v) is 21.2. The molecule has 0 radical (unpaired) electrons. The van der Waals surface area contributed by atoms with Crippen molar-refractivity contribution in [2.75, 3.05) is 0 Å². The van der Waals surface area contributed by atoms with Gasteiger partial charge >= 0.3 is 0 Å². The lowest BCUT2D eigenvalue weighted by Gasteiger charge is -2.71. The van der Waals surface area contributed by atoms with Crippen LogP contribution in [-0.4, -0.2) is 17.0 Å².